The molecule has 0 radical (unpaired) electrons. The molecule has 0 atom stereocenters. The van der Waals surface area contributed by atoms with Crippen LogP contribution in [0.5, 0.6) is 0 Å². The highest BCUT2D eigenvalue weighted by atomic mass is 35.5. The average molecular weight is 415 g/mol. The van der Waals surface area contributed by atoms with E-state index in [1.54, 1.807) is 24.3 Å². The summed E-state index contributed by atoms with van der Waals surface area (Å²) in [4.78, 5) is 12.6. The summed E-state index contributed by atoms with van der Waals surface area (Å²) in [6.07, 6.45) is 0. The second kappa shape index (κ2) is 8.04. The number of hydrogen-bond donors (Lipinski definition) is 2. The van der Waals surface area contributed by atoms with Gasteiger partial charge in [-0.05, 0) is 56.3 Å². The van der Waals surface area contributed by atoms with Gasteiger partial charge in [0.25, 0.3) is 15.9 Å². The van der Waals surface area contributed by atoms with Crippen LogP contribution in [0.15, 0.2) is 71.6 Å². The molecule has 0 bridgehead atoms. The molecule has 5 nitrogen and oxygen atoms in total. The zero-order valence-electron chi connectivity index (χ0n) is 15.4. The van der Waals surface area contributed by atoms with Crippen molar-refractivity contribution in [3.63, 3.8) is 0 Å². The van der Waals surface area contributed by atoms with Gasteiger partial charge in [0.2, 0.25) is 0 Å². The largest absolute Gasteiger partial charge is 0.322 e. The average Bonchev–Trinajstić information content (AvgIpc) is 2.63. The van der Waals surface area contributed by atoms with Gasteiger partial charge in [-0.1, -0.05) is 47.0 Å². The lowest BCUT2D eigenvalue weighted by molar-refractivity contribution is 0.102. The molecule has 0 saturated carbocycles. The summed E-state index contributed by atoms with van der Waals surface area (Å²) in [7, 11) is -3.74. The van der Waals surface area contributed by atoms with Crippen molar-refractivity contribution in [2.24, 2.45) is 0 Å². The Morgan fingerprint density at radius 1 is 0.821 bits per heavy atom. The molecule has 0 spiro atoms. The molecule has 2 N–H and O–H groups in total. The third kappa shape index (κ3) is 4.71. The van der Waals surface area contributed by atoms with Gasteiger partial charge in [0, 0.05) is 5.69 Å². The first-order chi connectivity index (χ1) is 13.2. The first-order valence-electron chi connectivity index (χ1n) is 8.52. The Balaban J connectivity index is 1.77. The molecule has 0 aliphatic heterocycles. The van der Waals surface area contributed by atoms with E-state index >= 15 is 0 Å². The molecule has 3 aromatic rings. The van der Waals surface area contributed by atoms with Crippen LogP contribution >= 0.6 is 11.6 Å². The van der Waals surface area contributed by atoms with Gasteiger partial charge in [-0.15, -0.1) is 0 Å². The fourth-order valence-electron chi connectivity index (χ4n) is 2.53. The number of rotatable bonds is 5. The van der Waals surface area contributed by atoms with Gasteiger partial charge in [-0.25, -0.2) is 8.42 Å². The Kier molecular flexibility index (Phi) is 5.72. The molecule has 28 heavy (non-hydrogen) atoms. The summed E-state index contributed by atoms with van der Waals surface area (Å²) >= 11 is 6.22. The molecule has 0 fully saturated rings. The van der Waals surface area contributed by atoms with Gasteiger partial charge in [0.15, 0.2) is 0 Å². The predicted molar refractivity (Wildman–Crippen MR) is 113 cm³/mol. The molecular weight excluding hydrogens is 396 g/mol. The number of carbonyl (C=O) groups excluding carboxylic acids is 1. The van der Waals surface area contributed by atoms with E-state index in [2.05, 4.69) is 10.0 Å². The van der Waals surface area contributed by atoms with Gasteiger partial charge >= 0.3 is 0 Å². The second-order valence-corrected chi connectivity index (χ2v) is 8.52. The molecule has 1 amide bonds. The summed E-state index contributed by atoms with van der Waals surface area (Å²) in [5.41, 5.74) is 3.22. The number of amides is 1. The standard InChI is InChI=1S/C21H19ClN2O3S/c1-14-3-7-16(8-4-14)23-21(25)19-12-9-17(13-20(19)22)24-28(26,27)18-10-5-15(2)6-11-18/h3-13,24H,1-2H3,(H,23,25). The van der Waals surface area contributed by atoms with Crippen LogP contribution in [0.2, 0.25) is 5.02 Å². The fourth-order valence-corrected chi connectivity index (χ4v) is 3.85. The zero-order chi connectivity index (χ0) is 20.3. The summed E-state index contributed by atoms with van der Waals surface area (Å²) in [5.74, 6) is -0.373. The monoisotopic (exact) mass is 414 g/mol. The number of sulfonamides is 1. The molecule has 0 heterocycles. The summed E-state index contributed by atoms with van der Waals surface area (Å²) in [6.45, 7) is 3.84. The maximum absolute atomic E-state index is 12.5. The molecule has 3 rings (SSSR count). The number of aryl methyl sites for hydroxylation is 2. The van der Waals surface area contributed by atoms with Gasteiger partial charge in [0.05, 0.1) is 21.2 Å². The minimum atomic E-state index is -3.74. The lowest BCUT2D eigenvalue weighted by Gasteiger charge is -2.11. The number of halogens is 1. The normalized spacial score (nSPS) is 11.1. The number of hydrogen-bond acceptors (Lipinski definition) is 3. The highest BCUT2D eigenvalue weighted by Gasteiger charge is 2.16. The van der Waals surface area contributed by atoms with Crippen LogP contribution in [0, 0.1) is 13.8 Å². The van der Waals surface area contributed by atoms with Crippen LogP contribution < -0.4 is 10.0 Å². The van der Waals surface area contributed by atoms with Crippen LogP contribution in [-0.4, -0.2) is 14.3 Å². The van der Waals surface area contributed by atoms with E-state index in [0.717, 1.165) is 11.1 Å². The van der Waals surface area contributed by atoms with Crippen molar-refractivity contribution in [1.82, 2.24) is 0 Å². The Labute approximate surface area is 169 Å². The lowest BCUT2D eigenvalue weighted by Crippen LogP contribution is -2.15. The Hall–Kier alpha value is -2.83. The molecule has 0 aliphatic carbocycles. The van der Waals surface area contributed by atoms with Gasteiger partial charge in [0.1, 0.15) is 0 Å². The Morgan fingerprint density at radius 3 is 1.93 bits per heavy atom. The quantitative estimate of drug-likeness (QED) is 0.616. The van der Waals surface area contributed by atoms with Gasteiger partial charge in [-0.2, -0.15) is 0 Å². The third-order valence-corrected chi connectivity index (χ3v) is 5.82. The van der Waals surface area contributed by atoms with E-state index in [1.807, 2.05) is 26.0 Å². The second-order valence-electron chi connectivity index (χ2n) is 6.43. The minimum absolute atomic E-state index is 0.147. The Bertz CT molecular complexity index is 1110. The first kappa shape index (κ1) is 19.9. The minimum Gasteiger partial charge on any atom is -0.322 e. The first-order valence-corrected chi connectivity index (χ1v) is 10.4. The van der Waals surface area contributed by atoms with Crippen LogP contribution in [0.25, 0.3) is 0 Å². The molecule has 3 aromatic carbocycles. The number of nitrogens with one attached hydrogen (secondary N) is 2. The maximum atomic E-state index is 12.5. The molecule has 144 valence electrons. The van der Waals surface area contributed by atoms with Crippen LogP contribution in [0.1, 0.15) is 21.5 Å². The van der Waals surface area contributed by atoms with E-state index in [1.165, 1.54) is 30.3 Å². The summed E-state index contributed by atoms with van der Waals surface area (Å²) in [5, 5.41) is 2.91. The van der Waals surface area contributed by atoms with Crippen molar-refractivity contribution in [3.05, 3.63) is 88.4 Å². The van der Waals surface area contributed by atoms with E-state index in [9.17, 15) is 13.2 Å². The lowest BCUT2D eigenvalue weighted by atomic mass is 10.1. The fraction of sp³-hybridized carbons (Fsp3) is 0.0952. The van der Waals surface area contributed by atoms with E-state index in [-0.39, 0.29) is 27.1 Å². The summed E-state index contributed by atoms with van der Waals surface area (Å²) in [6, 6.07) is 18.3. The van der Waals surface area contributed by atoms with Crippen molar-refractivity contribution in [2.45, 2.75) is 18.7 Å². The van der Waals surface area contributed by atoms with Crippen molar-refractivity contribution in [1.29, 1.82) is 0 Å². The predicted octanol–water partition coefficient (Wildman–Crippen LogP) is 5.01. The molecule has 0 aromatic heterocycles. The number of anilines is 2. The zero-order valence-corrected chi connectivity index (χ0v) is 16.9. The third-order valence-electron chi connectivity index (χ3n) is 4.11. The molecule has 0 saturated heterocycles. The molecular formula is C21H19ClN2O3S. The number of carbonyl (C=O) groups is 1. The smallest absolute Gasteiger partial charge is 0.261 e. The highest BCUT2D eigenvalue weighted by Crippen LogP contribution is 2.24. The van der Waals surface area contributed by atoms with Crippen LogP contribution in [-0.2, 0) is 10.0 Å². The maximum Gasteiger partial charge on any atom is 0.261 e. The van der Waals surface area contributed by atoms with E-state index in [4.69, 9.17) is 11.6 Å². The van der Waals surface area contributed by atoms with Gasteiger partial charge in [-0.3, -0.25) is 9.52 Å². The van der Waals surface area contributed by atoms with Gasteiger partial charge < -0.3 is 5.32 Å². The van der Waals surface area contributed by atoms with Crippen LogP contribution in [0.3, 0.4) is 0 Å². The van der Waals surface area contributed by atoms with Crippen molar-refractivity contribution in [3.8, 4) is 0 Å². The molecule has 0 aliphatic rings. The summed E-state index contributed by atoms with van der Waals surface area (Å²) < 4.78 is 27.4. The SMILES string of the molecule is Cc1ccc(NC(=O)c2ccc(NS(=O)(=O)c3ccc(C)cc3)cc2Cl)cc1. The van der Waals surface area contributed by atoms with Crippen molar-refractivity contribution in [2.75, 3.05) is 10.0 Å². The van der Waals surface area contributed by atoms with E-state index in [0.29, 0.717) is 5.69 Å². The van der Waals surface area contributed by atoms with Crippen LogP contribution in [0.4, 0.5) is 11.4 Å². The van der Waals surface area contributed by atoms with Crippen molar-refractivity contribution < 1.29 is 13.2 Å². The highest BCUT2D eigenvalue weighted by molar-refractivity contribution is 7.92. The molecule has 0 unspecified atom stereocenters. The van der Waals surface area contributed by atoms with E-state index < -0.39 is 10.0 Å². The molecule has 7 heteroatoms. The topological polar surface area (TPSA) is 75.3 Å². The Morgan fingerprint density at radius 2 is 1.36 bits per heavy atom. The number of benzene rings is 3. The van der Waals surface area contributed by atoms with Crippen molar-refractivity contribution >= 4 is 38.9 Å².